The Balaban J connectivity index is -0.000000621. The molecule has 1 aliphatic heterocycles. The van der Waals surface area contributed by atoms with Gasteiger partial charge in [0, 0.05) is 37.5 Å². The van der Waals surface area contributed by atoms with E-state index in [1.165, 1.54) is 145 Å². The van der Waals surface area contributed by atoms with Crippen molar-refractivity contribution in [1.29, 1.82) is 0 Å². The molecule has 3 amide bonds. The van der Waals surface area contributed by atoms with Crippen molar-refractivity contribution >= 4 is 36.8 Å². The SMILES string of the molecule is CCC(C)C.CCCCC/C=C\C/C=C\C/C=C\C/C=C\CCCC(=O)NCC(C)(C)OCC(C)(C)NC.CCCCCOc1c(C)c(C)c2c(c1C)CC[C@@](C)(CCC[C@H](C)CCCCCCCC(C)C)O2.CNC(=O)OC(C)(C)C.CS.NC(=O)/C=C\CC=O. The number of carbonyl (C=O) groups excluding carboxylic acids is 4. The molecule has 1 aliphatic rings. The predicted octanol–water partition coefficient (Wildman–Crippen LogP) is 20.9. The molecular formula is C79H146N4O8S. The second kappa shape index (κ2) is 59.2. The summed E-state index contributed by atoms with van der Waals surface area (Å²) >= 11 is 3.53. The summed E-state index contributed by atoms with van der Waals surface area (Å²) < 4.78 is 23.9. The zero-order valence-corrected chi connectivity index (χ0v) is 64.5. The van der Waals surface area contributed by atoms with Gasteiger partial charge in [0.15, 0.2) is 0 Å². The highest BCUT2D eigenvalue weighted by atomic mass is 32.1. The molecule has 1 aromatic rings. The van der Waals surface area contributed by atoms with E-state index in [4.69, 9.17) is 24.7 Å². The van der Waals surface area contributed by atoms with Crippen LogP contribution in [-0.2, 0) is 30.3 Å². The molecule has 0 fully saturated rings. The fraction of sp³-hybridized carbons (Fsp3) is 0.747. The maximum atomic E-state index is 12.1. The summed E-state index contributed by atoms with van der Waals surface area (Å²) in [5.41, 5.74) is 9.05. The Morgan fingerprint density at radius 1 is 0.663 bits per heavy atom. The lowest BCUT2D eigenvalue weighted by molar-refractivity contribution is -0.123. The number of fused-ring (bicyclic) bond motifs is 1. The second-order valence-electron chi connectivity index (χ2n) is 28.1. The quantitative estimate of drug-likeness (QED) is 0.0141. The van der Waals surface area contributed by atoms with Crippen LogP contribution in [0.4, 0.5) is 4.79 Å². The number of primary amides is 1. The first-order valence-electron chi connectivity index (χ1n) is 35.8. The number of alkyl carbamates (subject to hydrolysis) is 1. The van der Waals surface area contributed by atoms with E-state index < -0.39 is 5.91 Å². The van der Waals surface area contributed by atoms with Gasteiger partial charge in [-0.2, -0.15) is 12.6 Å². The molecule has 0 bridgehead atoms. The number of hydrogen-bond donors (Lipinski definition) is 5. The van der Waals surface area contributed by atoms with E-state index >= 15 is 0 Å². The highest BCUT2D eigenvalue weighted by Crippen LogP contribution is 2.45. The number of hydrogen-bond acceptors (Lipinski definition) is 10. The summed E-state index contributed by atoms with van der Waals surface area (Å²) in [6.07, 6.45) is 53.9. The molecule has 0 saturated carbocycles. The van der Waals surface area contributed by atoms with Crippen LogP contribution < -0.4 is 31.2 Å². The number of ether oxygens (including phenoxy) is 4. The van der Waals surface area contributed by atoms with Gasteiger partial charge in [0.25, 0.3) is 0 Å². The van der Waals surface area contributed by atoms with Crippen molar-refractivity contribution in [1.82, 2.24) is 16.0 Å². The zero-order valence-electron chi connectivity index (χ0n) is 63.6. The Hall–Kier alpha value is -4.33. The molecule has 0 radical (unpaired) electrons. The largest absolute Gasteiger partial charge is 0.493 e. The Bertz CT molecular complexity index is 2160. The van der Waals surface area contributed by atoms with E-state index in [2.05, 4.69) is 174 Å². The first-order chi connectivity index (χ1) is 43.4. The lowest BCUT2D eigenvalue weighted by Gasteiger charge is -2.38. The molecule has 1 heterocycles. The third-order valence-electron chi connectivity index (χ3n) is 15.8. The van der Waals surface area contributed by atoms with Gasteiger partial charge in [-0.1, -0.05) is 194 Å². The average molecular weight is 1310 g/mol. The van der Waals surface area contributed by atoms with Crippen molar-refractivity contribution in [3.05, 3.63) is 83.0 Å². The highest BCUT2D eigenvalue weighted by Gasteiger charge is 2.34. The molecule has 2 rings (SSSR count). The first kappa shape index (κ1) is 94.1. The van der Waals surface area contributed by atoms with Crippen LogP contribution in [0.1, 0.15) is 300 Å². The third kappa shape index (κ3) is 58.3. The summed E-state index contributed by atoms with van der Waals surface area (Å²) in [4.78, 5) is 42.1. The number of nitrogens with two attached hydrogens (primary N) is 1. The van der Waals surface area contributed by atoms with E-state index in [1.54, 1.807) is 6.26 Å². The first-order valence-corrected chi connectivity index (χ1v) is 36.7. The van der Waals surface area contributed by atoms with Crippen molar-refractivity contribution < 1.29 is 38.1 Å². The maximum Gasteiger partial charge on any atom is 0.407 e. The van der Waals surface area contributed by atoms with Gasteiger partial charge in [0.05, 0.1) is 18.8 Å². The van der Waals surface area contributed by atoms with E-state index in [-0.39, 0.29) is 40.8 Å². The zero-order chi connectivity index (χ0) is 70.9. The van der Waals surface area contributed by atoms with Crippen LogP contribution in [0, 0.1) is 38.5 Å². The normalized spacial score (nSPS) is 14.2. The Kier molecular flexibility index (Phi) is 60.5. The smallest absolute Gasteiger partial charge is 0.407 e. The maximum absolute atomic E-state index is 12.1. The Morgan fingerprint density at radius 3 is 1.67 bits per heavy atom. The van der Waals surface area contributed by atoms with Gasteiger partial charge in [-0.15, -0.1) is 0 Å². The minimum absolute atomic E-state index is 0.0315. The van der Waals surface area contributed by atoms with Crippen LogP contribution >= 0.6 is 12.6 Å². The topological polar surface area (TPSA) is 167 Å². The number of carbonyl (C=O) groups is 4. The van der Waals surface area contributed by atoms with Gasteiger partial charge >= 0.3 is 6.09 Å². The fourth-order valence-electron chi connectivity index (χ4n) is 9.15. The fourth-order valence-corrected chi connectivity index (χ4v) is 9.15. The molecule has 536 valence electrons. The van der Waals surface area contributed by atoms with E-state index in [0.29, 0.717) is 25.9 Å². The van der Waals surface area contributed by atoms with Gasteiger partial charge in [-0.3, -0.25) is 9.59 Å². The number of thiol groups is 1. The Labute approximate surface area is 573 Å². The van der Waals surface area contributed by atoms with Crippen LogP contribution in [0.5, 0.6) is 11.5 Å². The van der Waals surface area contributed by atoms with Crippen LogP contribution in [0.2, 0.25) is 0 Å². The van der Waals surface area contributed by atoms with E-state index in [1.807, 2.05) is 41.7 Å². The lowest BCUT2D eigenvalue weighted by Crippen LogP contribution is -2.47. The number of rotatable bonds is 41. The standard InChI is InChI=1S/C33H58O2.C29H52N2O2.C6H13NO2.C5H7NO2.C5H12.CH4S/c1-9-10-16-24-34-31-27(5)28(6)32-30(29(31)7)21-23-33(8,35-32)22-17-20-26(4)19-15-13-11-12-14-18-25(2)3;1-7-8-9-10-11-12-13-14-15-16-17-18-19-20-21-22-23-24-27(32)31-25-29(4,5)33-26-28(2,3)30-6;1-6(2,3)9-5(8)7-4;6-5(8)3-1-2-4-7;1-4-5(2)3;1-2/h25-26H,9-24H2,1-8H3;11-12,14-15,17-18,20-21,30H,7-10,13,16,19,22-26H2,1-6H3,(H,31,32);1-4H3,(H,7,8);1,3-4H,2H2,(H2,6,8);5H,4H2,1-3H3;2H,1H3/b;12-11-,15-14-,18-17-,21-20-;;3-1-;;/t26-,33-;;;;;/m1...../s1. The second-order valence-corrected chi connectivity index (χ2v) is 28.1. The van der Waals surface area contributed by atoms with Crippen molar-refractivity contribution in [3.63, 3.8) is 0 Å². The number of allylic oxidation sites excluding steroid dienone is 9. The van der Waals surface area contributed by atoms with Crippen molar-refractivity contribution in [2.45, 2.75) is 327 Å². The molecule has 92 heavy (non-hydrogen) atoms. The molecule has 5 N–H and O–H groups in total. The summed E-state index contributed by atoms with van der Waals surface area (Å²) in [7, 11) is 3.46. The van der Waals surface area contributed by atoms with Gasteiger partial charge in [-0.25, -0.2) is 4.79 Å². The number of aldehydes is 1. The number of likely N-dealkylation sites (N-methyl/N-ethyl adjacent to an activating group) is 1. The molecule has 1 aromatic carbocycles. The number of amides is 3. The van der Waals surface area contributed by atoms with E-state index in [0.717, 1.165) is 93.3 Å². The van der Waals surface area contributed by atoms with Crippen molar-refractivity contribution in [2.24, 2.45) is 23.5 Å². The van der Waals surface area contributed by atoms with E-state index in [9.17, 15) is 19.2 Å². The number of benzene rings is 1. The van der Waals surface area contributed by atoms with Crippen molar-refractivity contribution in [2.75, 3.05) is 40.1 Å². The molecular weight excluding hydrogens is 1160 g/mol. The third-order valence-corrected chi connectivity index (χ3v) is 15.8. The Morgan fingerprint density at radius 2 is 1.18 bits per heavy atom. The van der Waals surface area contributed by atoms with Gasteiger partial charge in [0.2, 0.25) is 11.8 Å². The lowest BCUT2D eigenvalue weighted by atomic mass is 9.84. The molecule has 0 saturated heterocycles. The van der Waals surface area contributed by atoms with Crippen molar-refractivity contribution in [3.8, 4) is 11.5 Å². The monoisotopic (exact) mass is 1310 g/mol. The molecule has 2 atom stereocenters. The van der Waals surface area contributed by atoms with Crippen LogP contribution in [0.15, 0.2) is 60.8 Å². The molecule has 13 heteroatoms. The molecule has 0 unspecified atom stereocenters. The minimum Gasteiger partial charge on any atom is -0.493 e. The molecule has 0 aliphatic carbocycles. The van der Waals surface area contributed by atoms with Gasteiger partial charge < -0.3 is 45.4 Å². The average Bonchev–Trinajstić information content (AvgIpc) is 0.769. The predicted molar refractivity (Wildman–Crippen MR) is 402 cm³/mol. The number of nitrogens with one attached hydrogen (secondary N) is 3. The summed E-state index contributed by atoms with van der Waals surface area (Å²) in [5.74, 6) is 4.42. The van der Waals surface area contributed by atoms with Crippen LogP contribution in [0.25, 0.3) is 0 Å². The summed E-state index contributed by atoms with van der Waals surface area (Å²) in [6, 6.07) is 0. The van der Waals surface area contributed by atoms with Gasteiger partial charge in [0.1, 0.15) is 29.0 Å². The summed E-state index contributed by atoms with van der Waals surface area (Å²) in [5, 5.41) is 8.59. The minimum atomic E-state index is -0.521. The van der Waals surface area contributed by atoms with Crippen LogP contribution in [-0.4, -0.2) is 86.6 Å². The number of unbranched alkanes of at least 4 members (excludes halogenated alkanes) is 10. The molecule has 0 aromatic heterocycles. The molecule has 0 spiro atoms. The van der Waals surface area contributed by atoms with Gasteiger partial charge in [-0.05, 0) is 207 Å². The highest BCUT2D eigenvalue weighted by molar-refractivity contribution is 7.79. The summed E-state index contributed by atoms with van der Waals surface area (Å²) in [6.45, 7) is 42.9. The molecule has 12 nitrogen and oxygen atoms in total. The van der Waals surface area contributed by atoms with Crippen LogP contribution in [0.3, 0.4) is 0 Å².